The Bertz CT molecular complexity index is 333. The first-order chi connectivity index (χ1) is 7.83. The first-order valence-electron chi connectivity index (χ1n) is 6.15. The summed E-state index contributed by atoms with van der Waals surface area (Å²) in [5.41, 5.74) is 0. The SMILES string of the molecule is CCCCCCCCSc1cccc(=S)[nH]1. The third kappa shape index (κ3) is 6.33. The van der Waals surface area contributed by atoms with Gasteiger partial charge in [0.1, 0.15) is 4.64 Å². The van der Waals surface area contributed by atoms with Gasteiger partial charge in [0, 0.05) is 0 Å². The lowest BCUT2D eigenvalue weighted by atomic mass is 10.1. The summed E-state index contributed by atoms with van der Waals surface area (Å²) in [5, 5.41) is 1.20. The first-order valence-corrected chi connectivity index (χ1v) is 7.54. The van der Waals surface area contributed by atoms with E-state index in [0.29, 0.717) is 0 Å². The van der Waals surface area contributed by atoms with Crippen LogP contribution in [0.3, 0.4) is 0 Å². The first kappa shape index (κ1) is 13.8. The molecule has 3 heteroatoms. The fourth-order valence-corrected chi connectivity index (χ4v) is 2.75. The molecule has 0 aliphatic carbocycles. The van der Waals surface area contributed by atoms with E-state index >= 15 is 0 Å². The second-order valence-electron chi connectivity index (χ2n) is 4.00. The minimum absolute atomic E-state index is 0.827. The lowest BCUT2D eigenvalue weighted by molar-refractivity contribution is 0.627. The van der Waals surface area contributed by atoms with Crippen molar-refractivity contribution in [2.75, 3.05) is 5.75 Å². The molecule has 1 aromatic heterocycles. The van der Waals surface area contributed by atoms with E-state index in [1.165, 1.54) is 49.3 Å². The fourth-order valence-electron chi connectivity index (χ4n) is 1.58. The van der Waals surface area contributed by atoms with Gasteiger partial charge < -0.3 is 4.98 Å². The van der Waals surface area contributed by atoms with Crippen LogP contribution in [-0.2, 0) is 0 Å². The summed E-state index contributed by atoms with van der Waals surface area (Å²) >= 11 is 6.96. The average Bonchev–Trinajstić information content (AvgIpc) is 2.28. The van der Waals surface area contributed by atoms with E-state index < -0.39 is 0 Å². The minimum atomic E-state index is 0.827. The molecule has 0 spiro atoms. The molecule has 0 unspecified atom stereocenters. The summed E-state index contributed by atoms with van der Waals surface area (Å²) in [6.45, 7) is 2.26. The van der Waals surface area contributed by atoms with Crippen molar-refractivity contribution in [1.82, 2.24) is 4.98 Å². The molecule has 0 atom stereocenters. The maximum atomic E-state index is 5.08. The van der Waals surface area contributed by atoms with Crippen LogP contribution in [-0.4, -0.2) is 10.7 Å². The molecule has 16 heavy (non-hydrogen) atoms. The second-order valence-corrected chi connectivity index (χ2v) is 5.57. The molecule has 0 radical (unpaired) electrons. The van der Waals surface area contributed by atoms with E-state index in [0.717, 1.165) is 4.64 Å². The van der Waals surface area contributed by atoms with E-state index in [-0.39, 0.29) is 0 Å². The third-order valence-corrected chi connectivity index (χ3v) is 3.78. The molecule has 1 N–H and O–H groups in total. The van der Waals surface area contributed by atoms with Gasteiger partial charge in [0.2, 0.25) is 0 Å². The number of H-pyrrole nitrogens is 1. The number of unbranched alkanes of at least 4 members (excludes halogenated alkanes) is 5. The number of thioether (sulfide) groups is 1. The summed E-state index contributed by atoms with van der Waals surface area (Å²) < 4.78 is 0.827. The van der Waals surface area contributed by atoms with Crippen LogP contribution in [0.5, 0.6) is 0 Å². The molecule has 0 bridgehead atoms. The third-order valence-electron chi connectivity index (χ3n) is 2.50. The van der Waals surface area contributed by atoms with Gasteiger partial charge in [0.05, 0.1) is 5.03 Å². The predicted octanol–water partition coefficient (Wildman–Crippen LogP) is 5.20. The zero-order valence-corrected chi connectivity index (χ0v) is 11.6. The van der Waals surface area contributed by atoms with Crippen molar-refractivity contribution >= 4 is 24.0 Å². The van der Waals surface area contributed by atoms with E-state index in [2.05, 4.69) is 18.0 Å². The monoisotopic (exact) mass is 255 g/mol. The maximum Gasteiger partial charge on any atom is 0.104 e. The van der Waals surface area contributed by atoms with Gasteiger partial charge in [0.25, 0.3) is 0 Å². The Morgan fingerprint density at radius 1 is 1.12 bits per heavy atom. The van der Waals surface area contributed by atoms with Crippen LogP contribution in [0.25, 0.3) is 0 Å². The molecule has 0 amide bonds. The van der Waals surface area contributed by atoms with Crippen molar-refractivity contribution < 1.29 is 0 Å². The van der Waals surface area contributed by atoms with Crippen LogP contribution >= 0.6 is 24.0 Å². The number of aromatic amines is 1. The van der Waals surface area contributed by atoms with Gasteiger partial charge in [-0.05, 0) is 24.3 Å². The van der Waals surface area contributed by atoms with Gasteiger partial charge >= 0.3 is 0 Å². The van der Waals surface area contributed by atoms with Crippen LogP contribution in [0, 0.1) is 4.64 Å². The van der Waals surface area contributed by atoms with Gasteiger partial charge in [-0.1, -0.05) is 57.3 Å². The number of nitrogens with one attached hydrogen (secondary N) is 1. The summed E-state index contributed by atoms with van der Waals surface area (Å²) in [6, 6.07) is 6.03. The lowest BCUT2D eigenvalue weighted by Crippen LogP contribution is -1.84. The summed E-state index contributed by atoms with van der Waals surface area (Å²) in [5.74, 6) is 1.20. The molecule has 0 fully saturated rings. The number of pyridine rings is 1. The van der Waals surface area contributed by atoms with E-state index in [1.807, 2.05) is 23.9 Å². The molecule has 0 aliphatic rings. The van der Waals surface area contributed by atoms with Crippen molar-refractivity contribution in [2.45, 2.75) is 50.5 Å². The van der Waals surface area contributed by atoms with Crippen LogP contribution in [0.15, 0.2) is 23.2 Å². The number of rotatable bonds is 8. The van der Waals surface area contributed by atoms with Crippen LogP contribution in [0.2, 0.25) is 0 Å². The fraction of sp³-hybridized carbons (Fsp3) is 0.615. The molecular weight excluding hydrogens is 234 g/mol. The molecule has 0 saturated heterocycles. The quantitative estimate of drug-likeness (QED) is 0.390. The lowest BCUT2D eigenvalue weighted by Gasteiger charge is -2.02. The molecule has 0 saturated carbocycles. The van der Waals surface area contributed by atoms with Gasteiger partial charge in [0.15, 0.2) is 0 Å². The molecule has 1 aromatic rings. The average molecular weight is 255 g/mol. The van der Waals surface area contributed by atoms with Crippen molar-refractivity contribution in [3.05, 3.63) is 22.8 Å². The summed E-state index contributed by atoms with van der Waals surface area (Å²) in [7, 11) is 0. The number of aromatic nitrogens is 1. The molecule has 1 rings (SSSR count). The van der Waals surface area contributed by atoms with Crippen molar-refractivity contribution in [2.24, 2.45) is 0 Å². The second kappa shape index (κ2) is 8.82. The van der Waals surface area contributed by atoms with Crippen LogP contribution in [0.4, 0.5) is 0 Å². The van der Waals surface area contributed by atoms with Crippen LogP contribution < -0.4 is 0 Å². The topological polar surface area (TPSA) is 15.8 Å². The molecule has 0 aromatic carbocycles. The van der Waals surface area contributed by atoms with Crippen molar-refractivity contribution in [3.63, 3.8) is 0 Å². The molecule has 0 aliphatic heterocycles. The highest BCUT2D eigenvalue weighted by Gasteiger charge is 1.94. The van der Waals surface area contributed by atoms with Gasteiger partial charge in [-0.2, -0.15) is 0 Å². The summed E-state index contributed by atoms with van der Waals surface area (Å²) in [4.78, 5) is 3.20. The highest BCUT2D eigenvalue weighted by atomic mass is 32.2. The summed E-state index contributed by atoms with van der Waals surface area (Å²) in [6.07, 6.45) is 8.17. The Labute approximate surface area is 108 Å². The van der Waals surface area contributed by atoms with E-state index in [9.17, 15) is 0 Å². The minimum Gasteiger partial charge on any atom is -0.341 e. The predicted molar refractivity (Wildman–Crippen MR) is 75.7 cm³/mol. The Kier molecular flexibility index (Phi) is 7.60. The zero-order chi connectivity index (χ0) is 11.6. The van der Waals surface area contributed by atoms with Crippen molar-refractivity contribution in [3.8, 4) is 0 Å². The Morgan fingerprint density at radius 3 is 2.62 bits per heavy atom. The van der Waals surface area contributed by atoms with Crippen molar-refractivity contribution in [1.29, 1.82) is 0 Å². The van der Waals surface area contributed by atoms with Gasteiger partial charge in [-0.25, -0.2) is 0 Å². The largest absolute Gasteiger partial charge is 0.341 e. The van der Waals surface area contributed by atoms with Gasteiger partial charge in [-0.15, -0.1) is 11.8 Å². The highest BCUT2D eigenvalue weighted by molar-refractivity contribution is 7.99. The standard InChI is InChI=1S/C13H21NS2/c1-2-3-4-5-6-7-11-16-13-10-8-9-12(15)14-13/h8-10H,2-7,11H2,1H3,(H,14,15). The molecule has 1 nitrogen and oxygen atoms in total. The normalized spacial score (nSPS) is 10.6. The number of hydrogen-bond donors (Lipinski definition) is 1. The van der Waals surface area contributed by atoms with Crippen LogP contribution in [0.1, 0.15) is 45.4 Å². The highest BCUT2D eigenvalue weighted by Crippen LogP contribution is 2.17. The molecule has 90 valence electrons. The maximum absolute atomic E-state index is 5.08. The van der Waals surface area contributed by atoms with E-state index in [1.54, 1.807) is 0 Å². The molecule has 1 heterocycles. The number of hydrogen-bond acceptors (Lipinski definition) is 2. The smallest absolute Gasteiger partial charge is 0.104 e. The van der Waals surface area contributed by atoms with Gasteiger partial charge in [-0.3, -0.25) is 0 Å². The Morgan fingerprint density at radius 2 is 1.88 bits per heavy atom. The molecular formula is C13H21NS2. The Balaban J connectivity index is 2.05. The zero-order valence-electron chi connectivity index (χ0n) is 10.00. The Hall–Kier alpha value is -0.280. The van der Waals surface area contributed by atoms with E-state index in [4.69, 9.17) is 12.2 Å².